The van der Waals surface area contributed by atoms with Crippen LogP contribution in [0.15, 0.2) is 72.7 Å². The van der Waals surface area contributed by atoms with Gasteiger partial charge in [-0.05, 0) is 49.7 Å². The largest absolute Gasteiger partial charge is 0.306 e. The minimum absolute atomic E-state index is 0.0744. The van der Waals surface area contributed by atoms with Gasteiger partial charge in [-0.15, -0.1) is 13.2 Å². The summed E-state index contributed by atoms with van der Waals surface area (Å²) in [6.07, 6.45) is 3.02. The zero-order valence-corrected chi connectivity index (χ0v) is 22.1. The monoisotopic (exact) mass is 541 g/mol. The lowest BCUT2D eigenvalue weighted by atomic mass is 10.2. The molecule has 0 aliphatic rings. The lowest BCUT2D eigenvalue weighted by molar-refractivity contribution is 0.102. The van der Waals surface area contributed by atoms with Crippen molar-refractivity contribution in [2.24, 2.45) is 0 Å². The maximum atomic E-state index is 13.0. The zero-order valence-electron chi connectivity index (χ0n) is 19.7. The minimum Gasteiger partial charge on any atom is -0.306 e. The van der Waals surface area contributed by atoms with Gasteiger partial charge in [0.1, 0.15) is 5.82 Å². The number of carbonyl (C=O) groups is 1. The second-order valence-electron chi connectivity index (χ2n) is 8.00. The van der Waals surface area contributed by atoms with E-state index >= 15 is 0 Å². The average molecular weight is 542 g/mol. The molecule has 0 aliphatic heterocycles. The van der Waals surface area contributed by atoms with E-state index in [4.69, 9.17) is 11.6 Å². The number of benzene rings is 2. The minimum atomic E-state index is -3.76. The Morgan fingerprint density at radius 3 is 2.42 bits per heavy atom. The molecular formula is C25H24ClN5O3S2. The number of nitrogens with one attached hydrogen (secondary N) is 1. The van der Waals surface area contributed by atoms with Crippen LogP contribution in [-0.2, 0) is 10.0 Å². The highest BCUT2D eigenvalue weighted by Crippen LogP contribution is 2.34. The summed E-state index contributed by atoms with van der Waals surface area (Å²) in [7, 11) is -3.76. The molecule has 1 N–H and O–H groups in total. The zero-order chi connectivity index (χ0) is 26.0. The molecule has 2 heterocycles. The van der Waals surface area contributed by atoms with Gasteiger partial charge >= 0.3 is 0 Å². The molecule has 0 spiro atoms. The molecule has 0 unspecified atom stereocenters. The van der Waals surface area contributed by atoms with Crippen molar-refractivity contribution in [3.05, 3.63) is 89.6 Å². The molecule has 4 aromatic rings. The number of nitrogens with zero attached hydrogens (tertiary/aromatic N) is 4. The standard InChI is InChI=1S/C25H24ClN5O3S2/c1-5-13-30(14-6-2)36(33,34)19-10-8-18(9-11-19)24(32)27-21-15-17(4)29-31(21)25-28-22-16(3)7-12-20(26)23(22)35-25/h5-12,15H,1-2,13-14H2,3-4H3,(H,27,32). The molecule has 0 atom stereocenters. The number of halogens is 1. The van der Waals surface area contributed by atoms with Crippen LogP contribution in [-0.4, -0.2) is 46.5 Å². The predicted octanol–water partition coefficient (Wildman–Crippen LogP) is 5.37. The van der Waals surface area contributed by atoms with E-state index in [0.29, 0.717) is 27.2 Å². The van der Waals surface area contributed by atoms with Gasteiger partial charge in [-0.3, -0.25) is 4.79 Å². The molecule has 36 heavy (non-hydrogen) atoms. The second-order valence-corrected chi connectivity index (χ2v) is 11.3. The summed E-state index contributed by atoms with van der Waals surface area (Å²) in [5, 5.41) is 8.50. The fourth-order valence-corrected chi connectivity index (χ4v) is 6.25. The normalized spacial score (nSPS) is 11.7. The van der Waals surface area contributed by atoms with Crippen molar-refractivity contribution in [3.63, 3.8) is 0 Å². The van der Waals surface area contributed by atoms with Gasteiger partial charge in [-0.25, -0.2) is 13.4 Å². The van der Waals surface area contributed by atoms with E-state index < -0.39 is 15.9 Å². The van der Waals surface area contributed by atoms with Crippen LogP contribution in [0.25, 0.3) is 15.3 Å². The Morgan fingerprint density at radius 2 is 1.81 bits per heavy atom. The quantitative estimate of drug-likeness (QED) is 0.287. The van der Waals surface area contributed by atoms with Crippen LogP contribution in [0.4, 0.5) is 5.82 Å². The number of thiazole rings is 1. The first-order chi connectivity index (χ1) is 17.1. The molecule has 8 nitrogen and oxygen atoms in total. The number of amides is 1. The molecule has 2 aromatic heterocycles. The number of rotatable bonds is 9. The number of hydrogen-bond donors (Lipinski definition) is 1. The van der Waals surface area contributed by atoms with Crippen molar-refractivity contribution in [3.8, 4) is 5.13 Å². The molecule has 0 saturated heterocycles. The molecule has 0 fully saturated rings. The predicted molar refractivity (Wildman–Crippen MR) is 145 cm³/mol. The van der Waals surface area contributed by atoms with Crippen LogP contribution >= 0.6 is 22.9 Å². The van der Waals surface area contributed by atoms with Crippen LogP contribution in [0.2, 0.25) is 5.02 Å². The first-order valence-electron chi connectivity index (χ1n) is 10.9. The summed E-state index contributed by atoms with van der Waals surface area (Å²) in [5.41, 5.74) is 2.76. The Hall–Kier alpha value is -3.31. The number of fused-ring (bicyclic) bond motifs is 1. The summed E-state index contributed by atoms with van der Waals surface area (Å²) in [5.74, 6) is 0.0228. The highest BCUT2D eigenvalue weighted by atomic mass is 35.5. The molecule has 0 radical (unpaired) electrons. The highest BCUT2D eigenvalue weighted by molar-refractivity contribution is 7.89. The molecular weight excluding hydrogens is 518 g/mol. The maximum absolute atomic E-state index is 13.0. The lowest BCUT2D eigenvalue weighted by Gasteiger charge is -2.19. The van der Waals surface area contributed by atoms with E-state index in [1.54, 1.807) is 10.7 Å². The van der Waals surface area contributed by atoms with Gasteiger partial charge in [-0.2, -0.15) is 14.1 Å². The van der Waals surface area contributed by atoms with Crippen molar-refractivity contribution >= 4 is 54.9 Å². The van der Waals surface area contributed by atoms with Crippen molar-refractivity contribution in [1.29, 1.82) is 0 Å². The molecule has 0 aliphatic carbocycles. The molecule has 1 amide bonds. The molecule has 11 heteroatoms. The SMILES string of the molecule is C=CCN(CC=C)S(=O)(=O)c1ccc(C(=O)Nc2cc(C)nn2-c2nc3c(C)ccc(Cl)c3s2)cc1. The fourth-order valence-electron chi connectivity index (χ4n) is 3.59. The highest BCUT2D eigenvalue weighted by Gasteiger charge is 2.23. The third-order valence-electron chi connectivity index (χ3n) is 5.36. The van der Waals surface area contributed by atoms with Gasteiger partial charge in [-0.1, -0.05) is 41.2 Å². The van der Waals surface area contributed by atoms with Crippen LogP contribution < -0.4 is 5.32 Å². The van der Waals surface area contributed by atoms with Crippen molar-refractivity contribution in [2.45, 2.75) is 18.7 Å². The van der Waals surface area contributed by atoms with E-state index in [1.165, 1.54) is 52.1 Å². The van der Waals surface area contributed by atoms with E-state index in [1.807, 2.05) is 26.0 Å². The topological polar surface area (TPSA) is 97.2 Å². The number of carbonyl (C=O) groups excluding carboxylic acids is 1. The van der Waals surface area contributed by atoms with Gasteiger partial charge in [0.15, 0.2) is 0 Å². The lowest BCUT2D eigenvalue weighted by Crippen LogP contribution is -2.31. The maximum Gasteiger partial charge on any atom is 0.256 e. The smallest absolute Gasteiger partial charge is 0.256 e. The van der Waals surface area contributed by atoms with Crippen LogP contribution in [0.1, 0.15) is 21.6 Å². The van der Waals surface area contributed by atoms with Gasteiger partial charge in [0, 0.05) is 24.7 Å². The number of anilines is 1. The molecule has 0 bridgehead atoms. The van der Waals surface area contributed by atoms with Crippen LogP contribution in [0.5, 0.6) is 0 Å². The number of sulfonamides is 1. The van der Waals surface area contributed by atoms with Gasteiger partial charge in [0.25, 0.3) is 5.91 Å². The Balaban J connectivity index is 1.60. The van der Waals surface area contributed by atoms with E-state index in [9.17, 15) is 13.2 Å². The first kappa shape index (κ1) is 25.8. The summed E-state index contributed by atoms with van der Waals surface area (Å²) in [4.78, 5) is 17.8. The third kappa shape index (κ3) is 4.98. The molecule has 2 aromatic carbocycles. The van der Waals surface area contributed by atoms with Crippen LogP contribution in [0, 0.1) is 13.8 Å². The van der Waals surface area contributed by atoms with Gasteiger partial charge in [0.05, 0.1) is 25.8 Å². The third-order valence-corrected chi connectivity index (χ3v) is 8.70. The summed E-state index contributed by atoms with van der Waals surface area (Å²) in [6, 6.07) is 11.2. The fraction of sp³-hybridized carbons (Fsp3) is 0.160. The second kappa shape index (κ2) is 10.4. The van der Waals surface area contributed by atoms with E-state index in [0.717, 1.165) is 15.8 Å². The Kier molecular flexibility index (Phi) is 7.41. The van der Waals surface area contributed by atoms with Crippen LogP contribution in [0.3, 0.4) is 0 Å². The van der Waals surface area contributed by atoms with Crippen molar-refractivity contribution in [1.82, 2.24) is 19.1 Å². The molecule has 0 saturated carbocycles. The number of hydrogen-bond acceptors (Lipinski definition) is 6. The Bertz CT molecular complexity index is 1520. The Morgan fingerprint density at radius 1 is 1.14 bits per heavy atom. The number of aryl methyl sites for hydroxylation is 2. The first-order valence-corrected chi connectivity index (χ1v) is 13.5. The van der Waals surface area contributed by atoms with E-state index in [-0.39, 0.29) is 18.0 Å². The van der Waals surface area contributed by atoms with Crippen molar-refractivity contribution < 1.29 is 13.2 Å². The van der Waals surface area contributed by atoms with Crippen molar-refractivity contribution in [2.75, 3.05) is 18.4 Å². The summed E-state index contributed by atoms with van der Waals surface area (Å²) < 4.78 is 29.5. The van der Waals surface area contributed by atoms with Gasteiger partial charge < -0.3 is 5.32 Å². The Labute approximate surface area is 218 Å². The number of aromatic nitrogens is 3. The summed E-state index contributed by atoms with van der Waals surface area (Å²) in [6.45, 7) is 11.3. The molecule has 186 valence electrons. The average Bonchev–Trinajstić information content (AvgIpc) is 3.46. The molecule has 4 rings (SSSR count). The summed E-state index contributed by atoms with van der Waals surface area (Å²) >= 11 is 7.73. The van der Waals surface area contributed by atoms with Gasteiger partial charge in [0.2, 0.25) is 15.2 Å². The van der Waals surface area contributed by atoms with E-state index in [2.05, 4.69) is 28.6 Å².